The fourth-order valence-corrected chi connectivity index (χ4v) is 9.30. The van der Waals surface area contributed by atoms with Gasteiger partial charge in [0.2, 0.25) is 17.7 Å². The SMILES string of the molecule is CN1CCC[C@@H]1c1cc2cnc(NC(=O)c3ccc(N4CCN(C(=O)CC5CCN(c6cccc7c6CN(C6CCC(=O)NC6=O)C7=O)CC5)CC4)nc3)cc2[nH]1. The molecule has 4 fully saturated rings. The van der Waals surface area contributed by atoms with Crippen molar-refractivity contribution in [1.82, 2.24) is 35.0 Å². The Hall–Kier alpha value is -5.83. The second kappa shape index (κ2) is 15.3. The number of piperidine rings is 2. The summed E-state index contributed by atoms with van der Waals surface area (Å²) >= 11 is 0. The highest BCUT2D eigenvalue weighted by Gasteiger charge is 2.40. The number of rotatable bonds is 8. The molecule has 9 rings (SSSR count). The van der Waals surface area contributed by atoms with Crippen molar-refractivity contribution >= 4 is 57.8 Å². The first kappa shape index (κ1) is 36.8. The molecule has 0 bridgehead atoms. The highest BCUT2D eigenvalue weighted by molar-refractivity contribution is 6.06. The number of anilines is 3. The van der Waals surface area contributed by atoms with Crippen LogP contribution in [-0.4, -0.2) is 118 Å². The lowest BCUT2D eigenvalue weighted by atomic mass is 9.92. The Balaban J connectivity index is 0.736. The Labute approximate surface area is 330 Å². The van der Waals surface area contributed by atoms with Crippen LogP contribution in [0.5, 0.6) is 0 Å². The number of fused-ring (bicyclic) bond motifs is 2. The topological polar surface area (TPSA) is 167 Å². The predicted octanol–water partition coefficient (Wildman–Crippen LogP) is 3.69. The number of carbonyl (C=O) groups excluding carboxylic acids is 5. The molecule has 5 amide bonds. The molecule has 5 aliphatic heterocycles. The lowest BCUT2D eigenvalue weighted by molar-refractivity contribution is -0.137. The first-order valence-electron chi connectivity index (χ1n) is 20.2. The Bertz CT molecular complexity index is 2220. The zero-order valence-electron chi connectivity index (χ0n) is 32.2. The Morgan fingerprint density at radius 1 is 0.860 bits per heavy atom. The number of nitrogens with one attached hydrogen (secondary N) is 3. The Morgan fingerprint density at radius 2 is 1.68 bits per heavy atom. The van der Waals surface area contributed by atoms with E-state index in [9.17, 15) is 24.0 Å². The first-order valence-corrected chi connectivity index (χ1v) is 20.2. The van der Waals surface area contributed by atoms with Gasteiger partial charge in [-0.1, -0.05) is 6.07 Å². The maximum Gasteiger partial charge on any atom is 0.258 e. The number of amides is 5. The second-order valence-electron chi connectivity index (χ2n) is 16.1. The summed E-state index contributed by atoms with van der Waals surface area (Å²) in [6, 6.07) is 13.1. The molecule has 8 heterocycles. The first-order chi connectivity index (χ1) is 27.7. The summed E-state index contributed by atoms with van der Waals surface area (Å²) in [5, 5.41) is 6.30. The van der Waals surface area contributed by atoms with Crippen molar-refractivity contribution in [1.29, 1.82) is 0 Å². The molecule has 1 aromatic carbocycles. The summed E-state index contributed by atoms with van der Waals surface area (Å²) in [6.45, 7) is 5.55. The lowest BCUT2D eigenvalue weighted by Gasteiger charge is -2.38. The average molecular weight is 773 g/mol. The van der Waals surface area contributed by atoms with Crippen molar-refractivity contribution in [3.05, 3.63) is 77.2 Å². The summed E-state index contributed by atoms with van der Waals surface area (Å²) < 4.78 is 0. The van der Waals surface area contributed by atoms with Crippen LogP contribution in [0.4, 0.5) is 17.3 Å². The average Bonchev–Trinajstić information content (AvgIpc) is 3.94. The number of pyridine rings is 2. The third kappa shape index (κ3) is 7.31. The van der Waals surface area contributed by atoms with Crippen LogP contribution in [0.2, 0.25) is 0 Å². The van der Waals surface area contributed by atoms with Crippen LogP contribution >= 0.6 is 0 Å². The van der Waals surface area contributed by atoms with E-state index < -0.39 is 11.9 Å². The van der Waals surface area contributed by atoms with Crippen LogP contribution in [-0.2, 0) is 20.9 Å². The van der Waals surface area contributed by atoms with Gasteiger partial charge in [-0.2, -0.15) is 0 Å². The van der Waals surface area contributed by atoms with Crippen LogP contribution in [0.1, 0.15) is 83.0 Å². The summed E-state index contributed by atoms with van der Waals surface area (Å²) in [5.74, 6) is 0.559. The maximum atomic E-state index is 13.4. The van der Waals surface area contributed by atoms with Crippen LogP contribution in [0.15, 0.2) is 54.9 Å². The number of hydrogen-bond donors (Lipinski definition) is 3. The minimum Gasteiger partial charge on any atom is -0.371 e. The lowest BCUT2D eigenvalue weighted by Crippen LogP contribution is -2.52. The van der Waals surface area contributed by atoms with E-state index in [-0.39, 0.29) is 36.0 Å². The third-order valence-corrected chi connectivity index (χ3v) is 12.6. The monoisotopic (exact) mass is 772 g/mol. The van der Waals surface area contributed by atoms with Gasteiger partial charge in [0.05, 0.1) is 11.1 Å². The van der Waals surface area contributed by atoms with Crippen LogP contribution < -0.4 is 20.4 Å². The fourth-order valence-electron chi connectivity index (χ4n) is 9.30. The minimum atomic E-state index is -0.641. The quantitative estimate of drug-likeness (QED) is 0.225. The van der Waals surface area contributed by atoms with E-state index in [1.807, 2.05) is 35.2 Å². The second-order valence-corrected chi connectivity index (χ2v) is 16.1. The molecule has 3 aromatic heterocycles. The molecule has 4 saturated heterocycles. The number of aromatic amines is 1. The molecular weight excluding hydrogens is 725 g/mol. The van der Waals surface area contributed by atoms with E-state index >= 15 is 0 Å². The van der Waals surface area contributed by atoms with E-state index in [0.717, 1.165) is 66.9 Å². The van der Waals surface area contributed by atoms with Crippen molar-refractivity contribution < 1.29 is 24.0 Å². The number of carbonyl (C=O) groups is 5. The normalized spacial score (nSPS) is 22.0. The highest BCUT2D eigenvalue weighted by atomic mass is 16.2. The van der Waals surface area contributed by atoms with Gasteiger partial charge >= 0.3 is 0 Å². The van der Waals surface area contributed by atoms with Crippen molar-refractivity contribution in [3.8, 4) is 0 Å². The van der Waals surface area contributed by atoms with Crippen molar-refractivity contribution in [2.24, 2.45) is 5.92 Å². The molecule has 15 heteroatoms. The molecule has 57 heavy (non-hydrogen) atoms. The molecule has 0 aliphatic carbocycles. The highest BCUT2D eigenvalue weighted by Crippen LogP contribution is 2.37. The van der Waals surface area contributed by atoms with Gasteiger partial charge in [0, 0.05) is 111 Å². The summed E-state index contributed by atoms with van der Waals surface area (Å²) in [7, 11) is 2.15. The zero-order chi connectivity index (χ0) is 39.2. The van der Waals surface area contributed by atoms with E-state index in [4.69, 9.17) is 0 Å². The van der Waals surface area contributed by atoms with Gasteiger partial charge in [-0.3, -0.25) is 34.2 Å². The molecule has 3 N–H and O–H groups in total. The fraction of sp³-hybridized carbons (Fsp3) is 0.452. The number of imide groups is 1. The van der Waals surface area contributed by atoms with Crippen molar-refractivity contribution in [2.45, 2.75) is 63.6 Å². The smallest absolute Gasteiger partial charge is 0.258 e. The molecule has 15 nitrogen and oxygen atoms in total. The number of benzene rings is 1. The molecular formula is C42H48N10O5. The van der Waals surface area contributed by atoms with Gasteiger partial charge in [0.25, 0.3) is 11.8 Å². The number of H-pyrrole nitrogens is 1. The molecule has 4 aromatic rings. The third-order valence-electron chi connectivity index (χ3n) is 12.6. The summed E-state index contributed by atoms with van der Waals surface area (Å²) in [6.07, 6.45) is 8.51. The van der Waals surface area contributed by atoms with Gasteiger partial charge in [-0.05, 0) is 81.9 Å². The number of likely N-dealkylation sites (tertiary alicyclic amines) is 1. The van der Waals surface area contributed by atoms with E-state index in [1.54, 1.807) is 23.4 Å². The van der Waals surface area contributed by atoms with Crippen LogP contribution in [0.3, 0.4) is 0 Å². The predicted molar refractivity (Wildman–Crippen MR) is 214 cm³/mol. The zero-order valence-corrected chi connectivity index (χ0v) is 32.2. The van der Waals surface area contributed by atoms with E-state index in [1.165, 1.54) is 12.1 Å². The van der Waals surface area contributed by atoms with Gasteiger partial charge in [-0.25, -0.2) is 9.97 Å². The molecule has 0 spiro atoms. The maximum absolute atomic E-state index is 13.4. The van der Waals surface area contributed by atoms with E-state index in [0.29, 0.717) is 68.6 Å². The Kier molecular flexibility index (Phi) is 9.85. The number of nitrogens with zero attached hydrogens (tertiary/aromatic N) is 7. The van der Waals surface area contributed by atoms with Crippen molar-refractivity contribution in [3.63, 3.8) is 0 Å². The molecule has 2 atom stereocenters. The molecule has 1 unspecified atom stereocenters. The molecule has 0 radical (unpaired) electrons. The van der Waals surface area contributed by atoms with Gasteiger partial charge in [-0.15, -0.1) is 0 Å². The number of aromatic nitrogens is 3. The van der Waals surface area contributed by atoms with Crippen molar-refractivity contribution in [2.75, 3.05) is 68.0 Å². The van der Waals surface area contributed by atoms with Crippen LogP contribution in [0, 0.1) is 5.92 Å². The Morgan fingerprint density at radius 3 is 2.42 bits per heavy atom. The largest absolute Gasteiger partial charge is 0.371 e. The standard InChI is InChI=1S/C42H48N10O5/c1-48-13-3-6-34(48)32-21-28-24-43-36(22-31(28)45-32)46-40(55)27-7-9-37(44-23-27)50-16-18-51(19-17-50)39(54)20-26-11-14-49(15-12-26)33-5-2-4-29-30(33)25-52(42(29)57)35-8-10-38(53)47-41(35)56/h2,4-5,7,9,21-24,26,34-35,45H,3,6,8,10-20,25H2,1H3,(H,43,46,55)(H,47,53,56)/t34-,35?/m1/s1. The van der Waals surface area contributed by atoms with Gasteiger partial charge in [0.15, 0.2) is 0 Å². The number of hydrogen-bond acceptors (Lipinski definition) is 10. The van der Waals surface area contributed by atoms with E-state index in [2.05, 4.69) is 53.4 Å². The summed E-state index contributed by atoms with van der Waals surface area (Å²) in [4.78, 5) is 87.0. The molecule has 5 aliphatic rings. The molecule has 0 saturated carbocycles. The minimum absolute atomic E-state index is 0.168. The number of piperazine rings is 1. The summed E-state index contributed by atoms with van der Waals surface area (Å²) in [5.41, 5.74) is 5.11. The van der Waals surface area contributed by atoms with Gasteiger partial charge < -0.3 is 29.9 Å². The molecule has 296 valence electrons. The van der Waals surface area contributed by atoms with Crippen LogP contribution in [0.25, 0.3) is 10.9 Å². The van der Waals surface area contributed by atoms with Gasteiger partial charge in [0.1, 0.15) is 17.7 Å².